The summed E-state index contributed by atoms with van der Waals surface area (Å²) < 4.78 is 1.69. The number of nitrogens with zero attached hydrogens (tertiary/aromatic N) is 2. The number of allylic oxidation sites excluding steroid dienone is 1. The van der Waals surface area contributed by atoms with E-state index in [1.807, 2.05) is 30.3 Å². The lowest BCUT2D eigenvalue weighted by Crippen LogP contribution is -2.27. The maximum absolute atomic E-state index is 13.8. The normalized spacial score (nSPS) is 17.9. The molecule has 0 radical (unpaired) electrons. The van der Waals surface area contributed by atoms with E-state index in [4.69, 9.17) is 4.98 Å². The fraction of sp³-hybridized carbons (Fsp3) is 0.444. The van der Waals surface area contributed by atoms with Crippen LogP contribution in [0.3, 0.4) is 0 Å². The van der Waals surface area contributed by atoms with E-state index >= 15 is 0 Å². The van der Waals surface area contributed by atoms with Crippen molar-refractivity contribution in [1.82, 2.24) is 14.9 Å². The zero-order chi connectivity index (χ0) is 23.5. The number of hydrogen-bond donors (Lipinski definition) is 1. The summed E-state index contributed by atoms with van der Waals surface area (Å²) >= 11 is 3.00. The van der Waals surface area contributed by atoms with E-state index in [1.165, 1.54) is 40.6 Å². The third kappa shape index (κ3) is 5.01. The van der Waals surface area contributed by atoms with Crippen LogP contribution in [0.25, 0.3) is 15.9 Å². The van der Waals surface area contributed by atoms with Crippen molar-refractivity contribution in [3.63, 3.8) is 0 Å². The molecule has 5 nitrogen and oxygen atoms in total. The van der Waals surface area contributed by atoms with Crippen molar-refractivity contribution < 1.29 is 4.79 Å². The minimum atomic E-state index is -0.0188. The number of aryl methyl sites for hydroxylation is 1. The number of nitrogens with one attached hydrogen (secondary N) is 1. The molecule has 1 N–H and O–H groups in total. The van der Waals surface area contributed by atoms with Crippen LogP contribution in [0.4, 0.5) is 0 Å². The zero-order valence-corrected chi connectivity index (χ0v) is 21.3. The van der Waals surface area contributed by atoms with Crippen LogP contribution < -0.4 is 10.9 Å². The molecular formula is C27H31N3O2S2. The average molecular weight is 494 g/mol. The standard InChI is InChI=1S/C27H31N3O2S2/c1-18-12-13-21-22(16-18)34-25-24(21)26(32)30(20-10-6-3-7-11-20)27(29-25)33-17-23(31)28-15-14-19-8-4-2-5-9-19/h3,6-8,10-11,18H,2,4-5,9,12-17H2,1H3,(H,28,31). The summed E-state index contributed by atoms with van der Waals surface area (Å²) in [6.45, 7) is 2.94. The second-order valence-corrected chi connectivity index (χ2v) is 11.4. The van der Waals surface area contributed by atoms with Crippen molar-refractivity contribution in [2.24, 2.45) is 5.92 Å². The Bertz CT molecular complexity index is 1280. The number of para-hydroxylation sites is 1. The van der Waals surface area contributed by atoms with Gasteiger partial charge in [0.25, 0.3) is 5.56 Å². The lowest BCUT2D eigenvalue weighted by Gasteiger charge is -2.17. The Morgan fingerprint density at radius 2 is 2.09 bits per heavy atom. The number of thioether (sulfide) groups is 1. The number of hydrogen-bond acceptors (Lipinski definition) is 5. The van der Waals surface area contributed by atoms with Gasteiger partial charge in [-0.2, -0.15) is 0 Å². The van der Waals surface area contributed by atoms with Crippen molar-refractivity contribution in [3.05, 3.63) is 62.8 Å². The molecule has 0 fully saturated rings. The summed E-state index contributed by atoms with van der Waals surface area (Å²) in [7, 11) is 0. The Balaban J connectivity index is 1.39. The van der Waals surface area contributed by atoms with Gasteiger partial charge in [0.05, 0.1) is 16.8 Å². The first-order valence-corrected chi connectivity index (χ1v) is 14.1. The molecule has 2 heterocycles. The molecule has 1 amide bonds. The van der Waals surface area contributed by atoms with E-state index in [-0.39, 0.29) is 17.2 Å². The Kier molecular flexibility index (Phi) is 7.21. The number of fused-ring (bicyclic) bond motifs is 3. The molecule has 2 aliphatic carbocycles. The first-order chi connectivity index (χ1) is 16.6. The summed E-state index contributed by atoms with van der Waals surface area (Å²) in [6.07, 6.45) is 11.2. The van der Waals surface area contributed by atoms with Gasteiger partial charge in [-0.3, -0.25) is 14.2 Å². The largest absolute Gasteiger partial charge is 0.355 e. The highest BCUT2D eigenvalue weighted by atomic mass is 32.2. The van der Waals surface area contributed by atoms with Crippen molar-refractivity contribution >= 4 is 39.2 Å². The molecule has 1 aromatic carbocycles. The molecule has 1 unspecified atom stereocenters. The lowest BCUT2D eigenvalue weighted by molar-refractivity contribution is -0.118. The first kappa shape index (κ1) is 23.4. The van der Waals surface area contributed by atoms with Gasteiger partial charge in [-0.1, -0.05) is 48.5 Å². The fourth-order valence-electron chi connectivity index (χ4n) is 4.95. The van der Waals surface area contributed by atoms with Gasteiger partial charge >= 0.3 is 0 Å². The highest BCUT2D eigenvalue weighted by molar-refractivity contribution is 7.99. The molecule has 5 rings (SSSR count). The van der Waals surface area contributed by atoms with Gasteiger partial charge in [0, 0.05) is 11.4 Å². The zero-order valence-electron chi connectivity index (χ0n) is 19.6. The molecule has 0 spiro atoms. The van der Waals surface area contributed by atoms with Crippen LogP contribution in [-0.2, 0) is 17.6 Å². The Morgan fingerprint density at radius 3 is 2.88 bits per heavy atom. The summed E-state index contributed by atoms with van der Waals surface area (Å²) in [4.78, 5) is 33.4. The third-order valence-electron chi connectivity index (χ3n) is 6.80. The van der Waals surface area contributed by atoms with Gasteiger partial charge in [0.2, 0.25) is 5.91 Å². The van der Waals surface area contributed by atoms with Crippen LogP contribution in [0.1, 0.15) is 55.9 Å². The SMILES string of the molecule is CC1CCc2c(sc3nc(SCC(=O)NCCC4=CCCCC4)n(-c4ccccc4)c(=O)c23)C1. The van der Waals surface area contributed by atoms with Gasteiger partial charge in [0.15, 0.2) is 5.16 Å². The van der Waals surface area contributed by atoms with Gasteiger partial charge in [-0.25, -0.2) is 4.98 Å². The minimum absolute atomic E-state index is 0.0182. The highest BCUT2D eigenvalue weighted by Crippen LogP contribution is 2.37. The second-order valence-electron chi connectivity index (χ2n) is 9.40. The summed E-state index contributed by atoms with van der Waals surface area (Å²) in [5, 5.41) is 4.40. The molecule has 7 heteroatoms. The maximum atomic E-state index is 13.8. The highest BCUT2D eigenvalue weighted by Gasteiger charge is 2.25. The van der Waals surface area contributed by atoms with Crippen molar-refractivity contribution in [3.8, 4) is 5.69 Å². The van der Waals surface area contributed by atoms with Gasteiger partial charge in [0.1, 0.15) is 4.83 Å². The maximum Gasteiger partial charge on any atom is 0.267 e. The van der Waals surface area contributed by atoms with Gasteiger partial charge in [-0.05, 0) is 75.0 Å². The molecule has 178 valence electrons. The van der Waals surface area contributed by atoms with Crippen LogP contribution in [0, 0.1) is 5.92 Å². The molecule has 34 heavy (non-hydrogen) atoms. The molecule has 0 saturated heterocycles. The topological polar surface area (TPSA) is 64.0 Å². The molecule has 0 saturated carbocycles. The smallest absolute Gasteiger partial charge is 0.267 e. The van der Waals surface area contributed by atoms with E-state index in [0.717, 1.165) is 54.4 Å². The molecular weight excluding hydrogens is 462 g/mol. The molecule has 0 bridgehead atoms. The van der Waals surface area contributed by atoms with Crippen molar-refractivity contribution in [1.29, 1.82) is 0 Å². The fourth-order valence-corrected chi connectivity index (χ4v) is 7.21. The quantitative estimate of drug-likeness (QED) is 0.262. The van der Waals surface area contributed by atoms with Gasteiger partial charge < -0.3 is 5.32 Å². The number of aromatic nitrogens is 2. The predicted molar refractivity (Wildman–Crippen MR) is 141 cm³/mol. The van der Waals surface area contributed by atoms with Gasteiger partial charge in [-0.15, -0.1) is 11.3 Å². The van der Waals surface area contributed by atoms with E-state index in [9.17, 15) is 9.59 Å². The molecule has 2 aromatic heterocycles. The van der Waals surface area contributed by atoms with E-state index in [0.29, 0.717) is 17.6 Å². The summed E-state index contributed by atoms with van der Waals surface area (Å²) in [6, 6.07) is 9.65. The second kappa shape index (κ2) is 10.5. The monoisotopic (exact) mass is 493 g/mol. The van der Waals surface area contributed by atoms with Crippen LogP contribution in [0.15, 0.2) is 51.9 Å². The molecule has 0 aliphatic heterocycles. The third-order valence-corrected chi connectivity index (χ3v) is 8.89. The summed E-state index contributed by atoms with van der Waals surface area (Å²) in [5.74, 6) is 0.861. The number of carbonyl (C=O) groups excluding carboxylic acids is 1. The Hall–Kier alpha value is -2.38. The van der Waals surface area contributed by atoms with Crippen LogP contribution >= 0.6 is 23.1 Å². The minimum Gasteiger partial charge on any atom is -0.355 e. The predicted octanol–water partition coefficient (Wildman–Crippen LogP) is 5.67. The number of benzene rings is 1. The van der Waals surface area contributed by atoms with E-state index < -0.39 is 0 Å². The number of rotatable bonds is 7. The summed E-state index contributed by atoms with van der Waals surface area (Å²) in [5.41, 5.74) is 3.42. The number of thiophene rings is 1. The van der Waals surface area contributed by atoms with Crippen LogP contribution in [0.2, 0.25) is 0 Å². The van der Waals surface area contributed by atoms with Crippen molar-refractivity contribution in [2.75, 3.05) is 12.3 Å². The van der Waals surface area contributed by atoms with Crippen molar-refractivity contribution in [2.45, 2.75) is 63.4 Å². The Labute approximate surface area is 208 Å². The lowest BCUT2D eigenvalue weighted by atomic mass is 9.89. The molecule has 2 aliphatic rings. The van der Waals surface area contributed by atoms with E-state index in [1.54, 1.807) is 15.9 Å². The number of amides is 1. The van der Waals surface area contributed by atoms with E-state index in [2.05, 4.69) is 18.3 Å². The number of carbonyl (C=O) groups is 1. The first-order valence-electron chi connectivity index (χ1n) is 12.3. The van der Waals surface area contributed by atoms with Crippen LogP contribution in [0.5, 0.6) is 0 Å². The Morgan fingerprint density at radius 1 is 1.24 bits per heavy atom. The molecule has 3 aromatic rings. The molecule has 1 atom stereocenters. The van der Waals surface area contributed by atoms with Crippen LogP contribution in [-0.4, -0.2) is 27.8 Å². The average Bonchev–Trinajstić information content (AvgIpc) is 3.21.